The van der Waals surface area contributed by atoms with Gasteiger partial charge in [-0.15, -0.1) is 0 Å². The highest BCUT2D eigenvalue weighted by atomic mass is 79.9. The molecule has 27 heavy (non-hydrogen) atoms. The van der Waals surface area contributed by atoms with Gasteiger partial charge >= 0.3 is 0 Å². The van der Waals surface area contributed by atoms with E-state index < -0.39 is 14.9 Å². The van der Waals surface area contributed by atoms with Gasteiger partial charge in [-0.05, 0) is 46.6 Å². The Morgan fingerprint density at radius 1 is 1.33 bits per heavy atom. The van der Waals surface area contributed by atoms with E-state index in [9.17, 15) is 18.5 Å². The van der Waals surface area contributed by atoms with E-state index in [-0.39, 0.29) is 10.6 Å². The number of non-ortho nitro benzene ring substituents is 1. The predicted octanol–water partition coefficient (Wildman–Crippen LogP) is 3.08. The number of hydrogen-bond donors (Lipinski definition) is 1. The lowest BCUT2D eigenvalue weighted by molar-refractivity contribution is -0.385. The largest absolute Gasteiger partial charge is 0.493 e. The number of rotatable bonds is 8. The Bertz CT molecular complexity index is 978. The van der Waals surface area contributed by atoms with Gasteiger partial charge in [-0.1, -0.05) is 6.07 Å². The maximum atomic E-state index is 12.2. The van der Waals surface area contributed by atoms with Gasteiger partial charge in [0.15, 0.2) is 11.5 Å². The van der Waals surface area contributed by atoms with Crippen molar-refractivity contribution >= 4 is 37.9 Å². The molecule has 1 N–H and O–H groups in total. The highest BCUT2D eigenvalue weighted by molar-refractivity contribution is 9.10. The fourth-order valence-corrected chi connectivity index (χ4v) is 3.49. The van der Waals surface area contributed by atoms with Crippen molar-refractivity contribution in [1.82, 2.24) is 4.83 Å². The molecule has 2 rings (SSSR count). The summed E-state index contributed by atoms with van der Waals surface area (Å²) in [4.78, 5) is 11.9. The lowest BCUT2D eigenvalue weighted by Gasteiger charge is -2.12. The molecule has 0 bridgehead atoms. The Morgan fingerprint density at radius 3 is 2.70 bits per heavy atom. The van der Waals surface area contributed by atoms with E-state index in [1.807, 2.05) is 11.8 Å². The molecule has 0 unspecified atom stereocenters. The SMILES string of the molecule is CCOc1c(Br)cc(/C=N/NS(=O)(=O)c2cccc([N+](=O)[O-])c2)cc1OC. The summed E-state index contributed by atoms with van der Waals surface area (Å²) in [5.74, 6) is 0.976. The van der Waals surface area contributed by atoms with Gasteiger partial charge in [-0.2, -0.15) is 13.5 Å². The molecule has 144 valence electrons. The van der Waals surface area contributed by atoms with Gasteiger partial charge in [-0.3, -0.25) is 10.1 Å². The van der Waals surface area contributed by atoms with E-state index in [1.165, 1.54) is 31.5 Å². The molecule has 0 aliphatic heterocycles. The Kier molecular flexibility index (Phi) is 6.75. The minimum absolute atomic E-state index is 0.265. The van der Waals surface area contributed by atoms with Crippen LogP contribution in [0.4, 0.5) is 5.69 Å². The van der Waals surface area contributed by atoms with Crippen molar-refractivity contribution in [2.24, 2.45) is 5.10 Å². The van der Waals surface area contributed by atoms with Gasteiger partial charge in [0.25, 0.3) is 15.7 Å². The van der Waals surface area contributed by atoms with E-state index in [4.69, 9.17) is 9.47 Å². The summed E-state index contributed by atoms with van der Waals surface area (Å²) in [6.45, 7) is 2.29. The minimum Gasteiger partial charge on any atom is -0.493 e. The molecular formula is C16H16BrN3O6S. The van der Waals surface area contributed by atoms with Crippen molar-refractivity contribution in [3.8, 4) is 11.5 Å². The van der Waals surface area contributed by atoms with E-state index in [0.29, 0.717) is 28.1 Å². The number of sulfonamides is 1. The van der Waals surface area contributed by atoms with E-state index in [0.717, 1.165) is 6.07 Å². The molecule has 0 saturated carbocycles. The summed E-state index contributed by atoms with van der Waals surface area (Å²) in [5, 5.41) is 14.5. The van der Waals surface area contributed by atoms with Crippen molar-refractivity contribution in [2.45, 2.75) is 11.8 Å². The molecule has 11 heteroatoms. The third-order valence-electron chi connectivity index (χ3n) is 3.27. The van der Waals surface area contributed by atoms with Gasteiger partial charge in [0, 0.05) is 12.1 Å². The number of ether oxygens (including phenoxy) is 2. The van der Waals surface area contributed by atoms with E-state index in [2.05, 4.69) is 21.0 Å². The summed E-state index contributed by atoms with van der Waals surface area (Å²) in [5.41, 5.74) is 0.214. The summed E-state index contributed by atoms with van der Waals surface area (Å²) >= 11 is 3.36. The number of benzene rings is 2. The molecule has 0 aliphatic rings. The van der Waals surface area contributed by atoms with Crippen LogP contribution in [0.1, 0.15) is 12.5 Å². The van der Waals surface area contributed by atoms with Crippen LogP contribution in [-0.2, 0) is 10.0 Å². The second-order valence-corrected chi connectivity index (χ2v) is 7.59. The van der Waals surface area contributed by atoms with Crippen molar-refractivity contribution < 1.29 is 22.8 Å². The number of methoxy groups -OCH3 is 1. The lowest BCUT2D eigenvalue weighted by Crippen LogP contribution is -2.18. The average molecular weight is 458 g/mol. The summed E-state index contributed by atoms with van der Waals surface area (Å²) in [7, 11) is -2.57. The van der Waals surface area contributed by atoms with Crippen molar-refractivity contribution in [3.05, 3.63) is 56.5 Å². The Morgan fingerprint density at radius 2 is 2.07 bits per heavy atom. The molecule has 0 spiro atoms. The smallest absolute Gasteiger partial charge is 0.276 e. The Balaban J connectivity index is 2.22. The first-order chi connectivity index (χ1) is 12.8. The molecule has 0 radical (unpaired) electrons. The highest BCUT2D eigenvalue weighted by Gasteiger charge is 2.17. The third-order valence-corrected chi connectivity index (χ3v) is 5.08. The minimum atomic E-state index is -4.05. The highest BCUT2D eigenvalue weighted by Crippen LogP contribution is 2.36. The quantitative estimate of drug-likeness (QED) is 0.369. The third kappa shape index (κ3) is 5.17. The number of nitrogens with zero attached hydrogens (tertiary/aromatic N) is 2. The number of hydrogen-bond acceptors (Lipinski definition) is 7. The number of nitro groups is 1. The van der Waals surface area contributed by atoms with Crippen LogP contribution < -0.4 is 14.3 Å². The molecule has 0 saturated heterocycles. The van der Waals surface area contributed by atoms with Crippen LogP contribution in [0.2, 0.25) is 0 Å². The van der Waals surface area contributed by atoms with Crippen LogP contribution in [-0.4, -0.2) is 33.3 Å². The zero-order valence-corrected chi connectivity index (χ0v) is 16.8. The van der Waals surface area contributed by atoms with Gasteiger partial charge < -0.3 is 9.47 Å². The summed E-state index contributed by atoms with van der Waals surface area (Å²) in [6.07, 6.45) is 1.28. The molecule has 0 aliphatic carbocycles. The molecule has 0 fully saturated rings. The summed E-state index contributed by atoms with van der Waals surface area (Å²) in [6, 6.07) is 7.98. The molecule has 2 aromatic rings. The van der Waals surface area contributed by atoms with Crippen LogP contribution in [0.5, 0.6) is 11.5 Å². The van der Waals surface area contributed by atoms with Crippen LogP contribution in [0.3, 0.4) is 0 Å². The van der Waals surface area contributed by atoms with Gasteiger partial charge in [0.1, 0.15) is 0 Å². The molecule has 0 amide bonds. The second-order valence-electron chi connectivity index (χ2n) is 5.07. The van der Waals surface area contributed by atoms with Crippen LogP contribution in [0.25, 0.3) is 0 Å². The topological polar surface area (TPSA) is 120 Å². The number of hydrazone groups is 1. The number of halogens is 1. The fraction of sp³-hybridized carbons (Fsp3) is 0.188. The van der Waals surface area contributed by atoms with E-state index in [1.54, 1.807) is 12.1 Å². The first-order valence-corrected chi connectivity index (χ1v) is 9.85. The zero-order chi connectivity index (χ0) is 20.0. The van der Waals surface area contributed by atoms with Crippen LogP contribution in [0.15, 0.2) is 50.9 Å². The van der Waals surface area contributed by atoms with Crippen molar-refractivity contribution in [3.63, 3.8) is 0 Å². The van der Waals surface area contributed by atoms with Gasteiger partial charge in [-0.25, -0.2) is 4.83 Å². The fourth-order valence-electron chi connectivity index (χ4n) is 2.09. The second kappa shape index (κ2) is 8.82. The van der Waals surface area contributed by atoms with Crippen LogP contribution in [0, 0.1) is 10.1 Å². The van der Waals surface area contributed by atoms with Crippen LogP contribution >= 0.6 is 15.9 Å². The van der Waals surface area contributed by atoms with Gasteiger partial charge in [0.2, 0.25) is 0 Å². The maximum absolute atomic E-state index is 12.2. The Hall–Kier alpha value is -2.66. The van der Waals surface area contributed by atoms with Gasteiger partial charge in [0.05, 0.1) is 34.2 Å². The zero-order valence-electron chi connectivity index (χ0n) is 14.4. The van der Waals surface area contributed by atoms with E-state index >= 15 is 0 Å². The molecule has 9 nitrogen and oxygen atoms in total. The average Bonchev–Trinajstić information content (AvgIpc) is 2.63. The summed E-state index contributed by atoms with van der Waals surface area (Å²) < 4.78 is 35.8. The molecule has 0 aromatic heterocycles. The lowest BCUT2D eigenvalue weighted by atomic mass is 10.2. The number of nitro benzene ring substituents is 1. The molecule has 0 heterocycles. The first-order valence-electron chi connectivity index (χ1n) is 7.58. The standard InChI is InChI=1S/C16H16BrN3O6S/c1-3-26-16-14(17)7-11(8-15(16)25-2)10-18-19-27(23,24)13-6-4-5-12(9-13)20(21)22/h4-10,19H,3H2,1-2H3/b18-10+. The van der Waals surface area contributed by atoms with Crippen molar-refractivity contribution in [1.29, 1.82) is 0 Å². The normalized spacial score (nSPS) is 11.4. The molecule has 2 aromatic carbocycles. The monoisotopic (exact) mass is 457 g/mol. The Labute approximate surface area is 164 Å². The first kappa shape index (κ1) is 20.6. The molecule has 0 atom stereocenters. The maximum Gasteiger partial charge on any atom is 0.276 e. The van der Waals surface area contributed by atoms with Crippen molar-refractivity contribution in [2.75, 3.05) is 13.7 Å². The predicted molar refractivity (Wildman–Crippen MR) is 103 cm³/mol. The molecular weight excluding hydrogens is 442 g/mol. The number of nitrogens with one attached hydrogen (secondary N) is 1.